The zero-order valence-corrected chi connectivity index (χ0v) is 16.0. The number of ether oxygens (including phenoxy) is 1. The van der Waals surface area contributed by atoms with Gasteiger partial charge in [-0.25, -0.2) is 8.78 Å². The molecule has 0 unspecified atom stereocenters. The Morgan fingerprint density at radius 3 is 2.37 bits per heavy atom. The van der Waals surface area contributed by atoms with Gasteiger partial charge in [0.25, 0.3) is 5.91 Å². The minimum atomic E-state index is -0.682. The number of thioether (sulfide) groups is 1. The Balaban J connectivity index is 1.87. The summed E-state index contributed by atoms with van der Waals surface area (Å²) in [5.41, 5.74) is 2.76. The molecule has 27 heavy (non-hydrogen) atoms. The number of nitrogens with one attached hydrogen (secondary N) is 1. The van der Waals surface area contributed by atoms with E-state index in [1.165, 1.54) is 0 Å². The molecule has 2 aromatic rings. The number of esters is 1. The topological polar surface area (TPSA) is 55.4 Å². The Bertz CT molecular complexity index is 805. The molecule has 0 saturated carbocycles. The van der Waals surface area contributed by atoms with Crippen molar-refractivity contribution in [3.63, 3.8) is 0 Å². The highest BCUT2D eigenvalue weighted by atomic mass is 32.2. The summed E-state index contributed by atoms with van der Waals surface area (Å²) in [6, 6.07) is 8.81. The number of hydrogen-bond donors (Lipinski definition) is 1. The average molecular weight is 393 g/mol. The fourth-order valence-electron chi connectivity index (χ4n) is 2.49. The van der Waals surface area contributed by atoms with E-state index in [0.717, 1.165) is 59.6 Å². The molecule has 1 N–H and O–H groups in total. The second-order valence-electron chi connectivity index (χ2n) is 5.73. The first-order valence-corrected chi connectivity index (χ1v) is 9.57. The molecular formula is C20H21F2NO3S. The number of aryl methyl sites for hydroxylation is 2. The van der Waals surface area contributed by atoms with Crippen LogP contribution in [-0.2, 0) is 27.2 Å². The molecule has 1 amide bonds. The summed E-state index contributed by atoms with van der Waals surface area (Å²) >= 11 is 0.816. The second kappa shape index (κ2) is 10.1. The number of para-hydroxylation sites is 1. The fraction of sp³-hybridized carbons (Fsp3) is 0.300. The van der Waals surface area contributed by atoms with E-state index >= 15 is 0 Å². The van der Waals surface area contributed by atoms with E-state index in [1.807, 2.05) is 32.0 Å². The molecule has 0 aliphatic rings. The molecule has 0 aliphatic heterocycles. The third-order valence-electron chi connectivity index (χ3n) is 3.87. The van der Waals surface area contributed by atoms with Gasteiger partial charge in [-0.1, -0.05) is 32.0 Å². The molecule has 2 rings (SSSR count). The average Bonchev–Trinajstić information content (AvgIpc) is 2.67. The maximum absolute atomic E-state index is 13.5. The lowest BCUT2D eigenvalue weighted by Gasteiger charge is -2.14. The fourth-order valence-corrected chi connectivity index (χ4v) is 3.25. The number of anilines is 1. The molecule has 0 heterocycles. The molecule has 2 aromatic carbocycles. The number of halogens is 2. The van der Waals surface area contributed by atoms with E-state index in [4.69, 9.17) is 4.74 Å². The quantitative estimate of drug-likeness (QED) is 0.535. The van der Waals surface area contributed by atoms with Crippen molar-refractivity contribution >= 4 is 29.3 Å². The summed E-state index contributed by atoms with van der Waals surface area (Å²) in [4.78, 5) is 23.9. The van der Waals surface area contributed by atoms with Crippen LogP contribution in [0.2, 0.25) is 0 Å². The number of carbonyl (C=O) groups excluding carboxylic acids is 2. The molecule has 4 nitrogen and oxygen atoms in total. The minimum Gasteiger partial charge on any atom is -0.455 e. The summed E-state index contributed by atoms with van der Waals surface area (Å²) in [5, 5.41) is 2.79. The monoisotopic (exact) mass is 393 g/mol. The van der Waals surface area contributed by atoms with Crippen molar-refractivity contribution in [1.82, 2.24) is 0 Å². The molecule has 0 aliphatic carbocycles. The molecule has 144 valence electrons. The van der Waals surface area contributed by atoms with Crippen LogP contribution in [0.25, 0.3) is 0 Å². The smallest absolute Gasteiger partial charge is 0.316 e. The standard InChI is InChI=1S/C20H21F2NO3S/c1-3-13-6-5-7-14(4-2)20(13)23-18(24)11-26-19(25)12-27-17-10-15(21)8-9-16(17)22/h5-10H,3-4,11-12H2,1-2H3,(H,23,24). The molecule has 0 aromatic heterocycles. The summed E-state index contributed by atoms with van der Waals surface area (Å²) in [6.07, 6.45) is 1.53. The normalized spacial score (nSPS) is 10.5. The number of amides is 1. The Morgan fingerprint density at radius 1 is 1.07 bits per heavy atom. The van der Waals surface area contributed by atoms with Crippen LogP contribution >= 0.6 is 11.8 Å². The molecule has 0 bridgehead atoms. The van der Waals surface area contributed by atoms with Gasteiger partial charge in [0.05, 0.1) is 5.75 Å². The number of carbonyl (C=O) groups is 2. The molecule has 0 fully saturated rings. The van der Waals surface area contributed by atoms with Crippen LogP contribution in [0.15, 0.2) is 41.3 Å². The zero-order valence-electron chi connectivity index (χ0n) is 15.2. The number of benzene rings is 2. The van der Waals surface area contributed by atoms with E-state index in [0.29, 0.717) is 0 Å². The van der Waals surface area contributed by atoms with Crippen molar-refractivity contribution in [1.29, 1.82) is 0 Å². The van der Waals surface area contributed by atoms with Crippen LogP contribution in [-0.4, -0.2) is 24.2 Å². The van der Waals surface area contributed by atoms with E-state index in [2.05, 4.69) is 5.32 Å². The lowest BCUT2D eigenvalue weighted by atomic mass is 10.0. The largest absolute Gasteiger partial charge is 0.455 e. The van der Waals surface area contributed by atoms with Gasteiger partial charge in [-0.05, 0) is 42.2 Å². The molecule has 0 atom stereocenters. The van der Waals surface area contributed by atoms with E-state index in [9.17, 15) is 18.4 Å². The summed E-state index contributed by atoms with van der Waals surface area (Å²) in [7, 11) is 0. The highest BCUT2D eigenvalue weighted by molar-refractivity contribution is 8.00. The van der Waals surface area contributed by atoms with Gasteiger partial charge in [-0.2, -0.15) is 0 Å². The van der Waals surface area contributed by atoms with Gasteiger partial charge in [0.2, 0.25) is 0 Å². The van der Waals surface area contributed by atoms with Crippen molar-refractivity contribution in [2.24, 2.45) is 0 Å². The van der Waals surface area contributed by atoms with Gasteiger partial charge in [0, 0.05) is 10.6 Å². The van der Waals surface area contributed by atoms with Gasteiger partial charge in [-0.15, -0.1) is 11.8 Å². The lowest BCUT2D eigenvalue weighted by Crippen LogP contribution is -2.23. The lowest BCUT2D eigenvalue weighted by molar-refractivity contribution is -0.144. The summed E-state index contributed by atoms with van der Waals surface area (Å²) in [6.45, 7) is 3.55. The highest BCUT2D eigenvalue weighted by Crippen LogP contribution is 2.23. The minimum absolute atomic E-state index is 0.0147. The Morgan fingerprint density at radius 2 is 1.74 bits per heavy atom. The van der Waals surface area contributed by atoms with Crippen molar-refractivity contribution < 1.29 is 23.1 Å². The SMILES string of the molecule is CCc1cccc(CC)c1NC(=O)COC(=O)CSc1cc(F)ccc1F. The predicted octanol–water partition coefficient (Wildman–Crippen LogP) is 4.36. The summed E-state index contributed by atoms with van der Waals surface area (Å²) < 4.78 is 31.5. The van der Waals surface area contributed by atoms with Gasteiger partial charge < -0.3 is 10.1 Å². The zero-order chi connectivity index (χ0) is 19.8. The van der Waals surface area contributed by atoms with Gasteiger partial charge in [0.1, 0.15) is 11.6 Å². The Labute approximate surface area is 161 Å². The maximum atomic E-state index is 13.5. The van der Waals surface area contributed by atoms with Crippen molar-refractivity contribution in [2.45, 2.75) is 31.6 Å². The number of hydrogen-bond acceptors (Lipinski definition) is 4. The molecule has 0 saturated heterocycles. The molecular weight excluding hydrogens is 372 g/mol. The van der Waals surface area contributed by atoms with E-state index < -0.39 is 30.1 Å². The van der Waals surface area contributed by atoms with Crippen molar-refractivity contribution in [3.8, 4) is 0 Å². The highest BCUT2D eigenvalue weighted by Gasteiger charge is 2.13. The first kappa shape index (κ1) is 20.9. The van der Waals surface area contributed by atoms with Crippen LogP contribution in [0, 0.1) is 11.6 Å². The van der Waals surface area contributed by atoms with Gasteiger partial charge in [0.15, 0.2) is 6.61 Å². The Kier molecular flexibility index (Phi) is 7.79. The van der Waals surface area contributed by atoms with Crippen LogP contribution in [0.4, 0.5) is 14.5 Å². The van der Waals surface area contributed by atoms with Crippen LogP contribution in [0.5, 0.6) is 0 Å². The van der Waals surface area contributed by atoms with Gasteiger partial charge >= 0.3 is 5.97 Å². The summed E-state index contributed by atoms with van der Waals surface area (Å²) in [5.74, 6) is -2.55. The van der Waals surface area contributed by atoms with Crippen LogP contribution < -0.4 is 5.32 Å². The third-order valence-corrected chi connectivity index (χ3v) is 4.87. The van der Waals surface area contributed by atoms with E-state index in [-0.39, 0.29) is 10.6 Å². The molecule has 0 radical (unpaired) electrons. The number of rotatable bonds is 8. The van der Waals surface area contributed by atoms with Crippen molar-refractivity contribution in [3.05, 3.63) is 59.2 Å². The van der Waals surface area contributed by atoms with Crippen molar-refractivity contribution in [2.75, 3.05) is 17.7 Å². The Hall–Kier alpha value is -2.41. The first-order valence-electron chi connectivity index (χ1n) is 8.58. The second-order valence-corrected chi connectivity index (χ2v) is 6.75. The van der Waals surface area contributed by atoms with Crippen LogP contribution in [0.3, 0.4) is 0 Å². The maximum Gasteiger partial charge on any atom is 0.316 e. The van der Waals surface area contributed by atoms with Crippen LogP contribution in [0.1, 0.15) is 25.0 Å². The van der Waals surface area contributed by atoms with E-state index in [1.54, 1.807) is 0 Å². The molecule has 7 heteroatoms. The predicted molar refractivity (Wildman–Crippen MR) is 102 cm³/mol. The molecule has 0 spiro atoms. The third kappa shape index (κ3) is 6.06. The van der Waals surface area contributed by atoms with Gasteiger partial charge in [-0.3, -0.25) is 9.59 Å². The first-order chi connectivity index (χ1) is 12.9.